The summed E-state index contributed by atoms with van der Waals surface area (Å²) in [7, 11) is 0. The average molecular weight is 296 g/mol. The van der Waals surface area contributed by atoms with Crippen LogP contribution in [0.2, 0.25) is 0 Å². The molecule has 0 saturated carbocycles. The van der Waals surface area contributed by atoms with Gasteiger partial charge in [0, 0.05) is 13.1 Å². The lowest BCUT2D eigenvalue weighted by Crippen LogP contribution is -2.13. The molecule has 0 bridgehead atoms. The van der Waals surface area contributed by atoms with Crippen molar-refractivity contribution in [2.24, 2.45) is 0 Å². The number of nitrogens with one attached hydrogen (secondary N) is 2. The molecule has 21 heavy (non-hydrogen) atoms. The topological polar surface area (TPSA) is 106 Å². The third kappa shape index (κ3) is 6.07. The van der Waals surface area contributed by atoms with E-state index in [0.29, 0.717) is 31.3 Å². The molecule has 1 aromatic heterocycles. The average Bonchev–Trinajstić information content (AvgIpc) is 2.45. The van der Waals surface area contributed by atoms with Gasteiger partial charge in [0.05, 0.1) is 30.1 Å². The van der Waals surface area contributed by atoms with Crippen molar-refractivity contribution in [3.63, 3.8) is 0 Å². The van der Waals surface area contributed by atoms with Crippen molar-refractivity contribution < 1.29 is 14.5 Å². The van der Waals surface area contributed by atoms with Crippen LogP contribution in [0.4, 0.5) is 17.3 Å². The van der Waals surface area contributed by atoms with Crippen LogP contribution in [-0.4, -0.2) is 35.6 Å². The zero-order valence-corrected chi connectivity index (χ0v) is 12.2. The number of rotatable bonds is 9. The van der Waals surface area contributed by atoms with Gasteiger partial charge >= 0.3 is 5.97 Å². The highest BCUT2D eigenvalue weighted by molar-refractivity contribution is 5.70. The maximum atomic E-state index is 11.2. The first-order valence-electron chi connectivity index (χ1n) is 6.86. The SMILES string of the molecule is CCCNc1cc([N+](=O)[O-])cc(NCCC(=O)OCC)n1. The molecular weight excluding hydrogens is 276 g/mol. The molecule has 8 nitrogen and oxygen atoms in total. The fraction of sp³-hybridized carbons (Fsp3) is 0.538. The molecule has 0 atom stereocenters. The van der Waals surface area contributed by atoms with Crippen LogP contribution in [0.3, 0.4) is 0 Å². The van der Waals surface area contributed by atoms with Gasteiger partial charge in [0.1, 0.15) is 11.6 Å². The first-order chi connectivity index (χ1) is 10.1. The van der Waals surface area contributed by atoms with Gasteiger partial charge in [0.25, 0.3) is 5.69 Å². The number of hydrogen-bond donors (Lipinski definition) is 2. The Morgan fingerprint density at radius 2 is 1.90 bits per heavy atom. The van der Waals surface area contributed by atoms with E-state index < -0.39 is 4.92 Å². The Balaban J connectivity index is 2.69. The van der Waals surface area contributed by atoms with E-state index in [9.17, 15) is 14.9 Å². The normalized spacial score (nSPS) is 10.0. The van der Waals surface area contributed by atoms with Crippen molar-refractivity contribution in [3.8, 4) is 0 Å². The Bertz CT molecular complexity index is 493. The van der Waals surface area contributed by atoms with E-state index in [-0.39, 0.29) is 18.1 Å². The molecule has 1 heterocycles. The van der Waals surface area contributed by atoms with Crippen LogP contribution < -0.4 is 10.6 Å². The van der Waals surface area contributed by atoms with Crippen LogP contribution in [0.5, 0.6) is 0 Å². The van der Waals surface area contributed by atoms with Gasteiger partial charge in [-0.25, -0.2) is 4.98 Å². The van der Waals surface area contributed by atoms with Crippen molar-refractivity contribution in [3.05, 3.63) is 22.2 Å². The van der Waals surface area contributed by atoms with Gasteiger partial charge < -0.3 is 15.4 Å². The monoisotopic (exact) mass is 296 g/mol. The van der Waals surface area contributed by atoms with Crippen molar-refractivity contribution in [2.75, 3.05) is 30.3 Å². The quantitative estimate of drug-likeness (QED) is 0.408. The second-order valence-corrected chi connectivity index (χ2v) is 4.26. The number of nitro groups is 1. The summed E-state index contributed by atoms with van der Waals surface area (Å²) < 4.78 is 4.80. The van der Waals surface area contributed by atoms with Gasteiger partial charge in [-0.15, -0.1) is 0 Å². The minimum atomic E-state index is -0.477. The molecule has 1 rings (SSSR count). The molecule has 116 valence electrons. The zero-order chi connectivity index (χ0) is 15.7. The van der Waals surface area contributed by atoms with Gasteiger partial charge in [-0.3, -0.25) is 14.9 Å². The van der Waals surface area contributed by atoms with E-state index in [1.807, 2.05) is 6.92 Å². The fourth-order valence-electron chi connectivity index (χ4n) is 1.58. The molecule has 0 aromatic carbocycles. The van der Waals surface area contributed by atoms with Gasteiger partial charge in [0.2, 0.25) is 0 Å². The molecular formula is C13H20N4O4. The Morgan fingerprint density at radius 3 is 2.43 bits per heavy atom. The summed E-state index contributed by atoms with van der Waals surface area (Å²) >= 11 is 0. The number of hydrogen-bond acceptors (Lipinski definition) is 7. The standard InChI is InChI=1S/C13H20N4O4/c1-3-6-14-11-8-10(17(19)20)9-12(16-11)15-7-5-13(18)21-4-2/h8-9H,3-7H2,1-2H3,(H2,14,15,16). The van der Waals surface area contributed by atoms with Crippen LogP contribution in [0, 0.1) is 10.1 Å². The lowest BCUT2D eigenvalue weighted by molar-refractivity contribution is -0.384. The van der Waals surface area contributed by atoms with Crippen molar-refractivity contribution in [2.45, 2.75) is 26.7 Å². The summed E-state index contributed by atoms with van der Waals surface area (Å²) in [5.41, 5.74) is -0.0535. The van der Waals surface area contributed by atoms with Crippen molar-refractivity contribution in [1.82, 2.24) is 4.98 Å². The van der Waals surface area contributed by atoms with E-state index in [0.717, 1.165) is 6.42 Å². The Kier molecular flexibility index (Phi) is 6.93. The minimum absolute atomic E-state index is 0.0535. The summed E-state index contributed by atoms with van der Waals surface area (Å²) in [6, 6.07) is 2.72. The molecule has 0 spiro atoms. The summed E-state index contributed by atoms with van der Waals surface area (Å²) in [6.07, 6.45) is 1.06. The first kappa shape index (κ1) is 16.7. The van der Waals surface area contributed by atoms with Crippen molar-refractivity contribution >= 4 is 23.3 Å². The Hall–Kier alpha value is -2.38. The number of anilines is 2. The largest absolute Gasteiger partial charge is 0.466 e. The summed E-state index contributed by atoms with van der Waals surface area (Å²) in [5, 5.41) is 16.8. The van der Waals surface area contributed by atoms with Gasteiger partial charge in [-0.05, 0) is 13.3 Å². The predicted molar refractivity (Wildman–Crippen MR) is 79.4 cm³/mol. The number of pyridine rings is 1. The van der Waals surface area contributed by atoms with Gasteiger partial charge in [-0.1, -0.05) is 6.92 Å². The summed E-state index contributed by atoms with van der Waals surface area (Å²) in [5.74, 6) is 0.469. The maximum absolute atomic E-state index is 11.2. The highest BCUT2D eigenvalue weighted by Gasteiger charge is 2.11. The van der Waals surface area contributed by atoms with E-state index in [1.165, 1.54) is 12.1 Å². The lowest BCUT2D eigenvalue weighted by Gasteiger charge is -2.09. The van der Waals surface area contributed by atoms with Crippen LogP contribution in [0.25, 0.3) is 0 Å². The number of ether oxygens (including phenoxy) is 1. The highest BCUT2D eigenvalue weighted by atomic mass is 16.6. The third-order valence-electron chi connectivity index (χ3n) is 2.52. The molecule has 0 aliphatic heterocycles. The van der Waals surface area contributed by atoms with E-state index in [2.05, 4.69) is 15.6 Å². The fourth-order valence-corrected chi connectivity index (χ4v) is 1.58. The van der Waals surface area contributed by atoms with Crippen LogP contribution in [0.1, 0.15) is 26.7 Å². The number of carbonyl (C=O) groups excluding carboxylic acids is 1. The smallest absolute Gasteiger partial charge is 0.307 e. The first-order valence-corrected chi connectivity index (χ1v) is 6.86. The zero-order valence-electron chi connectivity index (χ0n) is 12.2. The molecule has 0 radical (unpaired) electrons. The molecule has 0 fully saturated rings. The number of carbonyl (C=O) groups is 1. The van der Waals surface area contributed by atoms with E-state index >= 15 is 0 Å². The van der Waals surface area contributed by atoms with Gasteiger partial charge in [-0.2, -0.15) is 0 Å². The van der Waals surface area contributed by atoms with Crippen LogP contribution in [-0.2, 0) is 9.53 Å². The minimum Gasteiger partial charge on any atom is -0.466 e. The maximum Gasteiger partial charge on any atom is 0.307 e. The summed E-state index contributed by atoms with van der Waals surface area (Å²) in [4.78, 5) is 25.8. The Labute approximate surface area is 123 Å². The predicted octanol–water partition coefficient (Wildman–Crippen LogP) is 2.18. The molecule has 0 aliphatic carbocycles. The number of aromatic nitrogens is 1. The second kappa shape index (κ2) is 8.72. The molecule has 2 N–H and O–H groups in total. The van der Waals surface area contributed by atoms with Gasteiger partial charge in [0.15, 0.2) is 0 Å². The van der Waals surface area contributed by atoms with E-state index in [4.69, 9.17) is 4.74 Å². The lowest BCUT2D eigenvalue weighted by atomic mass is 10.3. The number of esters is 1. The van der Waals surface area contributed by atoms with Crippen molar-refractivity contribution in [1.29, 1.82) is 0 Å². The molecule has 0 aliphatic rings. The third-order valence-corrected chi connectivity index (χ3v) is 2.52. The van der Waals surface area contributed by atoms with Crippen LogP contribution in [0.15, 0.2) is 12.1 Å². The van der Waals surface area contributed by atoms with Crippen LogP contribution >= 0.6 is 0 Å². The summed E-state index contributed by atoms with van der Waals surface area (Å²) in [6.45, 7) is 5.04. The van der Waals surface area contributed by atoms with E-state index in [1.54, 1.807) is 6.92 Å². The Morgan fingerprint density at radius 1 is 1.29 bits per heavy atom. The highest BCUT2D eigenvalue weighted by Crippen LogP contribution is 2.20. The molecule has 1 aromatic rings. The molecule has 8 heteroatoms. The second-order valence-electron chi connectivity index (χ2n) is 4.26. The molecule has 0 amide bonds. The molecule has 0 saturated heterocycles. The number of nitrogens with zero attached hydrogens (tertiary/aromatic N) is 2. The molecule has 0 unspecified atom stereocenters.